The van der Waals surface area contributed by atoms with Crippen LogP contribution in [-0.4, -0.2) is 39.4 Å². The van der Waals surface area contributed by atoms with E-state index in [0.29, 0.717) is 22.1 Å². The third-order valence-corrected chi connectivity index (χ3v) is 6.15. The number of aromatic amines is 1. The van der Waals surface area contributed by atoms with E-state index in [1.54, 1.807) is 6.92 Å². The maximum Gasteiger partial charge on any atom is 0.341 e. The Balaban J connectivity index is 1.58. The number of amides is 1. The molecule has 0 atom stereocenters. The van der Waals surface area contributed by atoms with Crippen LogP contribution in [0.2, 0.25) is 0 Å². The van der Waals surface area contributed by atoms with Crippen LogP contribution in [0.3, 0.4) is 0 Å². The lowest BCUT2D eigenvalue weighted by Gasteiger charge is -2.06. The monoisotopic (exact) mass is 430 g/mol. The summed E-state index contributed by atoms with van der Waals surface area (Å²) in [5.74, 6) is 0.238. The molecule has 152 valence electrons. The summed E-state index contributed by atoms with van der Waals surface area (Å²) in [5.41, 5.74) is 2.39. The Morgan fingerprint density at radius 2 is 2.00 bits per heavy atom. The van der Waals surface area contributed by atoms with E-state index in [0.717, 1.165) is 21.8 Å². The highest BCUT2D eigenvalue weighted by molar-refractivity contribution is 7.99. The van der Waals surface area contributed by atoms with E-state index >= 15 is 0 Å². The molecule has 2 aromatic heterocycles. The molecule has 9 heteroatoms. The van der Waals surface area contributed by atoms with Crippen LogP contribution < -0.4 is 5.32 Å². The molecule has 0 bridgehead atoms. The lowest BCUT2D eigenvalue weighted by molar-refractivity contribution is -0.113. The van der Waals surface area contributed by atoms with Crippen molar-refractivity contribution < 1.29 is 14.3 Å². The number of hydrogen-bond donors (Lipinski definition) is 2. The number of esters is 1. The average Bonchev–Trinajstić information content (AvgIpc) is 3.25. The molecule has 2 heterocycles. The van der Waals surface area contributed by atoms with Crippen molar-refractivity contribution >= 4 is 40.0 Å². The van der Waals surface area contributed by atoms with Crippen molar-refractivity contribution in [1.29, 1.82) is 0 Å². The Hall–Kier alpha value is -2.65. The smallest absolute Gasteiger partial charge is 0.341 e. The molecule has 3 aromatic rings. The molecule has 0 aliphatic heterocycles. The van der Waals surface area contributed by atoms with Crippen molar-refractivity contribution in [2.75, 3.05) is 17.7 Å². The van der Waals surface area contributed by atoms with Crippen LogP contribution in [0.1, 0.15) is 39.1 Å². The molecular weight excluding hydrogens is 408 g/mol. The van der Waals surface area contributed by atoms with Crippen LogP contribution in [-0.2, 0) is 16.0 Å². The number of aryl methyl sites for hydroxylation is 1. The predicted molar refractivity (Wildman–Crippen MR) is 115 cm³/mol. The summed E-state index contributed by atoms with van der Waals surface area (Å²) >= 11 is 2.61. The van der Waals surface area contributed by atoms with Gasteiger partial charge in [-0.2, -0.15) is 0 Å². The zero-order chi connectivity index (χ0) is 20.8. The van der Waals surface area contributed by atoms with Gasteiger partial charge in [-0.25, -0.2) is 9.78 Å². The number of ether oxygens (including phenoxy) is 1. The average molecular weight is 431 g/mol. The van der Waals surface area contributed by atoms with E-state index < -0.39 is 5.97 Å². The first kappa shape index (κ1) is 21.1. The second kappa shape index (κ2) is 9.71. The van der Waals surface area contributed by atoms with Gasteiger partial charge in [0, 0.05) is 11.3 Å². The molecule has 1 aromatic carbocycles. The molecule has 0 fully saturated rings. The van der Waals surface area contributed by atoms with E-state index in [9.17, 15) is 9.59 Å². The molecule has 0 aliphatic carbocycles. The number of aromatic nitrogens is 3. The van der Waals surface area contributed by atoms with Crippen molar-refractivity contribution in [3.63, 3.8) is 0 Å². The number of benzene rings is 1. The third-order valence-electron chi connectivity index (χ3n) is 4.18. The summed E-state index contributed by atoms with van der Waals surface area (Å²) in [6.07, 6.45) is 0.650. The molecule has 3 rings (SSSR count). The summed E-state index contributed by atoms with van der Waals surface area (Å²) in [6, 6.07) is 9.96. The summed E-state index contributed by atoms with van der Waals surface area (Å²) in [4.78, 5) is 30.0. The number of anilines is 1. The first-order valence-electron chi connectivity index (χ1n) is 9.12. The van der Waals surface area contributed by atoms with Gasteiger partial charge in [-0.3, -0.25) is 9.89 Å². The summed E-state index contributed by atoms with van der Waals surface area (Å²) in [5, 5.41) is 10.9. The topological polar surface area (TPSA) is 97.0 Å². The summed E-state index contributed by atoms with van der Waals surface area (Å²) in [7, 11) is 0. The van der Waals surface area contributed by atoms with Gasteiger partial charge >= 0.3 is 5.97 Å². The SMILES string of the molecule is CCOC(=O)c1c(NC(=O)CSc2n[nH]c(Cc3ccccc3)n2)sc(C)c1C. The van der Waals surface area contributed by atoms with Crippen LogP contribution in [0.5, 0.6) is 0 Å². The molecule has 0 radical (unpaired) electrons. The third kappa shape index (κ3) is 5.45. The second-order valence-corrected chi connectivity index (χ2v) is 8.44. The van der Waals surface area contributed by atoms with E-state index in [1.165, 1.54) is 23.1 Å². The Bertz CT molecular complexity index is 999. The number of carbonyl (C=O) groups is 2. The van der Waals surface area contributed by atoms with Crippen molar-refractivity contribution in [3.05, 3.63) is 57.7 Å². The first-order valence-corrected chi connectivity index (χ1v) is 10.9. The minimum Gasteiger partial charge on any atom is -0.462 e. The van der Waals surface area contributed by atoms with Crippen LogP contribution in [0.4, 0.5) is 5.00 Å². The number of hydrogen-bond acceptors (Lipinski definition) is 7. The molecule has 0 saturated carbocycles. The Kier molecular flexibility index (Phi) is 7.05. The molecule has 0 aliphatic rings. The van der Waals surface area contributed by atoms with Gasteiger partial charge in [0.05, 0.1) is 17.9 Å². The Labute approximate surface area is 177 Å². The quantitative estimate of drug-likeness (QED) is 0.414. The van der Waals surface area contributed by atoms with Crippen LogP contribution in [0.25, 0.3) is 0 Å². The first-order chi connectivity index (χ1) is 14.0. The predicted octanol–water partition coefficient (Wildman–Crippen LogP) is 3.98. The lowest BCUT2D eigenvalue weighted by Crippen LogP contribution is -2.16. The van der Waals surface area contributed by atoms with Crippen LogP contribution >= 0.6 is 23.1 Å². The van der Waals surface area contributed by atoms with Crippen molar-refractivity contribution in [1.82, 2.24) is 15.2 Å². The van der Waals surface area contributed by atoms with Gasteiger partial charge in [0.2, 0.25) is 11.1 Å². The summed E-state index contributed by atoms with van der Waals surface area (Å²) < 4.78 is 5.11. The highest BCUT2D eigenvalue weighted by atomic mass is 32.2. The van der Waals surface area contributed by atoms with E-state index in [2.05, 4.69) is 20.5 Å². The van der Waals surface area contributed by atoms with Gasteiger partial charge in [-0.15, -0.1) is 16.4 Å². The van der Waals surface area contributed by atoms with Crippen LogP contribution in [0, 0.1) is 13.8 Å². The number of nitrogens with one attached hydrogen (secondary N) is 2. The van der Waals surface area contributed by atoms with Crippen molar-refractivity contribution in [2.45, 2.75) is 32.3 Å². The van der Waals surface area contributed by atoms with Crippen molar-refractivity contribution in [2.24, 2.45) is 0 Å². The zero-order valence-corrected chi connectivity index (χ0v) is 18.1. The molecule has 7 nitrogen and oxygen atoms in total. The number of thioether (sulfide) groups is 1. The minimum atomic E-state index is -0.420. The maximum atomic E-state index is 12.4. The van der Waals surface area contributed by atoms with E-state index in [-0.39, 0.29) is 18.3 Å². The molecule has 1 amide bonds. The molecular formula is C20H22N4O3S2. The number of thiophene rings is 1. The normalized spacial score (nSPS) is 10.7. The Morgan fingerprint density at radius 3 is 2.72 bits per heavy atom. The van der Waals surface area contributed by atoms with Gasteiger partial charge < -0.3 is 10.1 Å². The number of nitrogens with zero attached hydrogens (tertiary/aromatic N) is 2. The fourth-order valence-corrected chi connectivity index (χ4v) is 4.35. The lowest BCUT2D eigenvalue weighted by atomic mass is 10.1. The van der Waals surface area contributed by atoms with Gasteiger partial charge in [-0.1, -0.05) is 42.1 Å². The fraction of sp³-hybridized carbons (Fsp3) is 0.300. The van der Waals surface area contributed by atoms with Gasteiger partial charge in [0.25, 0.3) is 0 Å². The zero-order valence-electron chi connectivity index (χ0n) is 16.4. The molecule has 2 N–H and O–H groups in total. The van der Waals surface area contributed by atoms with E-state index in [4.69, 9.17) is 4.74 Å². The largest absolute Gasteiger partial charge is 0.462 e. The van der Waals surface area contributed by atoms with Crippen molar-refractivity contribution in [3.8, 4) is 0 Å². The second-order valence-electron chi connectivity index (χ2n) is 6.27. The molecule has 0 saturated heterocycles. The van der Waals surface area contributed by atoms with Gasteiger partial charge in [-0.05, 0) is 31.9 Å². The number of rotatable bonds is 8. The van der Waals surface area contributed by atoms with Crippen LogP contribution in [0.15, 0.2) is 35.5 Å². The molecule has 0 spiro atoms. The van der Waals surface area contributed by atoms with E-state index in [1.807, 2.05) is 44.2 Å². The highest BCUT2D eigenvalue weighted by Crippen LogP contribution is 2.33. The fourth-order valence-electron chi connectivity index (χ4n) is 2.67. The van der Waals surface area contributed by atoms with Gasteiger partial charge in [0.15, 0.2) is 0 Å². The number of carbonyl (C=O) groups excluding carboxylic acids is 2. The highest BCUT2D eigenvalue weighted by Gasteiger charge is 2.22. The molecule has 0 unspecified atom stereocenters. The Morgan fingerprint density at radius 1 is 1.24 bits per heavy atom. The minimum absolute atomic E-state index is 0.140. The molecule has 29 heavy (non-hydrogen) atoms. The van der Waals surface area contributed by atoms with Gasteiger partial charge in [0.1, 0.15) is 10.8 Å². The number of H-pyrrole nitrogens is 1. The maximum absolute atomic E-state index is 12.4. The standard InChI is InChI=1S/C20H22N4O3S2/c1-4-27-19(26)17-12(2)13(3)29-18(17)22-16(25)11-28-20-21-15(23-24-20)10-14-8-6-5-7-9-14/h5-9H,4,10-11H2,1-3H3,(H,22,25)(H,21,23,24). The summed E-state index contributed by atoms with van der Waals surface area (Å²) in [6.45, 7) is 5.80.